The molecule has 0 saturated heterocycles. The van der Waals surface area contributed by atoms with E-state index >= 15 is 0 Å². The zero-order chi connectivity index (χ0) is 47.7. The first-order valence-electron chi connectivity index (χ1n) is 28.4. The Balaban J connectivity index is 4.63. The van der Waals surface area contributed by atoms with E-state index < -0.39 is 0 Å². The van der Waals surface area contributed by atoms with Gasteiger partial charge in [0.15, 0.2) is 0 Å². The van der Waals surface area contributed by atoms with Crippen LogP contribution in [-0.4, -0.2) is 94.0 Å². The van der Waals surface area contributed by atoms with E-state index in [1.165, 1.54) is 148 Å². The first-order valence-corrected chi connectivity index (χ1v) is 28.4. The van der Waals surface area contributed by atoms with Crippen LogP contribution in [0.1, 0.15) is 272 Å². The van der Waals surface area contributed by atoms with Gasteiger partial charge in [-0.1, -0.05) is 201 Å². The lowest BCUT2D eigenvalue weighted by Crippen LogP contribution is -2.35. The normalized spacial score (nSPS) is 12.1. The summed E-state index contributed by atoms with van der Waals surface area (Å²) < 4.78 is 17.4. The molecule has 1 N–H and O–H groups in total. The summed E-state index contributed by atoms with van der Waals surface area (Å²) in [4.78, 5) is 42.7. The number of amides is 1. The molecule has 0 rings (SSSR count). The monoisotopic (exact) mass is 922 g/mol. The number of nitrogens with zero attached hydrogens (tertiary/aromatic N) is 2. The van der Waals surface area contributed by atoms with Crippen LogP contribution in [0.15, 0.2) is 0 Å². The predicted octanol–water partition coefficient (Wildman–Crippen LogP) is 15.6. The average Bonchev–Trinajstić information content (AvgIpc) is 3.28. The van der Waals surface area contributed by atoms with Gasteiger partial charge >= 0.3 is 18.0 Å². The van der Waals surface area contributed by atoms with E-state index in [2.05, 4.69) is 37.9 Å². The van der Waals surface area contributed by atoms with Crippen LogP contribution in [0.3, 0.4) is 0 Å². The average molecular weight is 923 g/mol. The minimum Gasteiger partial charge on any atom is -0.465 e. The zero-order valence-electron chi connectivity index (χ0n) is 44.3. The van der Waals surface area contributed by atoms with Crippen LogP contribution >= 0.6 is 0 Å². The number of hydrogen-bond donors (Lipinski definition) is 1. The highest BCUT2D eigenvalue weighted by Gasteiger charge is 2.19. The van der Waals surface area contributed by atoms with Crippen LogP contribution in [0.5, 0.6) is 0 Å². The fourth-order valence-corrected chi connectivity index (χ4v) is 8.79. The highest BCUT2D eigenvalue weighted by atomic mass is 16.6. The Morgan fingerprint density at radius 2 is 0.846 bits per heavy atom. The highest BCUT2D eigenvalue weighted by Crippen LogP contribution is 2.22. The Morgan fingerprint density at radius 3 is 1.34 bits per heavy atom. The molecule has 386 valence electrons. The maximum absolute atomic E-state index is 13.0. The van der Waals surface area contributed by atoms with Crippen LogP contribution in [-0.2, 0) is 23.8 Å². The molecule has 0 heterocycles. The summed E-state index contributed by atoms with van der Waals surface area (Å²) in [6, 6.07) is 0. The first kappa shape index (κ1) is 63.1. The number of carbonyl (C=O) groups is 3. The summed E-state index contributed by atoms with van der Waals surface area (Å²) in [7, 11) is 3.98. The molecule has 0 aromatic carbocycles. The summed E-state index contributed by atoms with van der Waals surface area (Å²) >= 11 is 0. The Labute approximate surface area is 404 Å². The molecule has 0 radical (unpaired) electrons. The second kappa shape index (κ2) is 50.0. The van der Waals surface area contributed by atoms with Crippen molar-refractivity contribution in [1.82, 2.24) is 15.1 Å². The molecule has 0 saturated carbocycles. The molecule has 9 heteroatoms. The Hall–Kier alpha value is -1.87. The van der Waals surface area contributed by atoms with Crippen LogP contribution < -0.4 is 5.32 Å². The molecule has 1 unspecified atom stereocenters. The lowest BCUT2D eigenvalue weighted by atomic mass is 9.94. The molecule has 1 atom stereocenters. The maximum Gasteiger partial charge on any atom is 0.407 e. The van der Waals surface area contributed by atoms with Crippen molar-refractivity contribution in [2.75, 3.05) is 60.0 Å². The Morgan fingerprint density at radius 1 is 0.431 bits per heavy atom. The van der Waals surface area contributed by atoms with Crippen molar-refractivity contribution < 1.29 is 28.6 Å². The number of esters is 2. The molecule has 9 nitrogen and oxygen atoms in total. The summed E-state index contributed by atoms with van der Waals surface area (Å²) in [5.41, 5.74) is 0. The van der Waals surface area contributed by atoms with Gasteiger partial charge in [0.1, 0.15) is 12.7 Å². The van der Waals surface area contributed by atoms with Gasteiger partial charge in [0.25, 0.3) is 0 Å². The van der Waals surface area contributed by atoms with Gasteiger partial charge in [-0.3, -0.25) is 14.5 Å². The van der Waals surface area contributed by atoms with Gasteiger partial charge in [-0.25, -0.2) is 4.79 Å². The van der Waals surface area contributed by atoms with Gasteiger partial charge in [0.05, 0.1) is 12.5 Å². The number of ether oxygens (including phenoxy) is 3. The molecular formula is C56H111N3O6. The lowest BCUT2D eigenvalue weighted by Gasteiger charge is -2.22. The topological polar surface area (TPSA) is 97.4 Å². The third kappa shape index (κ3) is 45.7. The molecule has 0 bridgehead atoms. The molecular weight excluding hydrogens is 811 g/mol. The summed E-state index contributed by atoms with van der Waals surface area (Å²) in [6.45, 7) is 14.1. The molecule has 1 amide bonds. The minimum atomic E-state index is -0.340. The Kier molecular flexibility index (Phi) is 48.6. The molecule has 0 fully saturated rings. The predicted molar refractivity (Wildman–Crippen MR) is 277 cm³/mol. The second-order valence-corrected chi connectivity index (χ2v) is 19.8. The summed E-state index contributed by atoms with van der Waals surface area (Å²) in [5.74, 6) is 0.130. The van der Waals surface area contributed by atoms with Crippen LogP contribution in [0, 0.1) is 5.92 Å². The zero-order valence-corrected chi connectivity index (χ0v) is 44.3. The highest BCUT2D eigenvalue weighted by molar-refractivity contribution is 5.72. The van der Waals surface area contributed by atoms with E-state index in [-0.39, 0.29) is 30.1 Å². The second-order valence-electron chi connectivity index (χ2n) is 19.8. The fourth-order valence-electron chi connectivity index (χ4n) is 8.79. The fraction of sp³-hybridized carbons (Fsp3) is 0.946. The van der Waals surface area contributed by atoms with E-state index in [0.717, 1.165) is 116 Å². The van der Waals surface area contributed by atoms with Gasteiger partial charge in [0.2, 0.25) is 0 Å². The molecule has 0 aromatic rings. The standard InChI is InChI=1S/C56H111N3O6/c1-7-11-15-19-25-33-41-52(40-32-18-14-10-4)55(61)63-50-39-31-23-22-29-37-46-59(49-51-64-56(62)57-45-48-58(5)6)47-38-30-24-28-36-44-54(60)65-53(42-34-26-20-16-12-8-2)43-35-27-21-17-13-9-3/h52-53H,7-51H2,1-6H3,(H,57,62). The molecule has 0 aliphatic carbocycles. The van der Waals surface area contributed by atoms with Crippen molar-refractivity contribution in [3.05, 3.63) is 0 Å². The number of nitrogens with one attached hydrogen (secondary N) is 1. The SMILES string of the molecule is CCCCCCCCC(CCCCCCCC)OC(=O)CCCCCCCN(CCCCCCCCOC(=O)C(CCCCCC)CCCCCCCC)CCOC(=O)NCCN(C)C. The third-order valence-corrected chi connectivity index (χ3v) is 13.1. The van der Waals surface area contributed by atoms with Crippen LogP contribution in [0.25, 0.3) is 0 Å². The molecule has 0 aromatic heterocycles. The molecule has 0 aliphatic heterocycles. The van der Waals surface area contributed by atoms with Crippen molar-refractivity contribution in [3.8, 4) is 0 Å². The van der Waals surface area contributed by atoms with Crippen molar-refractivity contribution in [3.63, 3.8) is 0 Å². The van der Waals surface area contributed by atoms with Crippen LogP contribution in [0.4, 0.5) is 4.79 Å². The first-order chi connectivity index (χ1) is 31.8. The molecule has 0 spiro atoms. The maximum atomic E-state index is 13.0. The van der Waals surface area contributed by atoms with E-state index in [4.69, 9.17) is 14.2 Å². The molecule has 65 heavy (non-hydrogen) atoms. The van der Waals surface area contributed by atoms with Crippen molar-refractivity contribution in [1.29, 1.82) is 0 Å². The molecule has 0 aliphatic rings. The van der Waals surface area contributed by atoms with E-state index in [1.807, 2.05) is 19.0 Å². The van der Waals surface area contributed by atoms with Gasteiger partial charge in [-0.2, -0.15) is 0 Å². The van der Waals surface area contributed by atoms with Gasteiger partial charge in [-0.05, 0) is 91.4 Å². The van der Waals surface area contributed by atoms with E-state index in [1.54, 1.807) is 0 Å². The summed E-state index contributed by atoms with van der Waals surface area (Å²) in [5, 5.41) is 2.85. The number of unbranched alkanes of at least 4 members (excludes halogenated alkanes) is 27. The number of rotatable bonds is 51. The largest absolute Gasteiger partial charge is 0.465 e. The minimum absolute atomic E-state index is 0.00282. The van der Waals surface area contributed by atoms with Gasteiger partial charge < -0.3 is 24.4 Å². The van der Waals surface area contributed by atoms with Gasteiger partial charge in [0, 0.05) is 26.1 Å². The number of alkyl carbamates (subject to hydrolysis) is 1. The quantitative estimate of drug-likeness (QED) is 0.0366. The van der Waals surface area contributed by atoms with Gasteiger partial charge in [-0.15, -0.1) is 0 Å². The number of hydrogen-bond acceptors (Lipinski definition) is 8. The number of carbonyl (C=O) groups excluding carboxylic acids is 3. The number of likely N-dealkylation sites (N-methyl/N-ethyl adjacent to an activating group) is 1. The van der Waals surface area contributed by atoms with Crippen molar-refractivity contribution >= 4 is 18.0 Å². The smallest absolute Gasteiger partial charge is 0.407 e. The van der Waals surface area contributed by atoms with Crippen molar-refractivity contribution in [2.24, 2.45) is 5.92 Å². The third-order valence-electron chi connectivity index (χ3n) is 13.1. The van der Waals surface area contributed by atoms with Crippen molar-refractivity contribution in [2.45, 2.75) is 278 Å². The van der Waals surface area contributed by atoms with Crippen LogP contribution in [0.2, 0.25) is 0 Å². The lowest BCUT2D eigenvalue weighted by molar-refractivity contribution is -0.150. The van der Waals surface area contributed by atoms with E-state index in [9.17, 15) is 14.4 Å². The Bertz CT molecular complexity index is 1010. The summed E-state index contributed by atoms with van der Waals surface area (Å²) in [6.07, 6.45) is 44.0. The van der Waals surface area contributed by atoms with E-state index in [0.29, 0.717) is 26.2 Å².